The average Bonchev–Trinajstić information content (AvgIpc) is 3.30. The molecule has 3 aromatic rings. The standard InChI is InChI=1S/C16H13N3O4S2.ClH/c20-15(18-21)6-4-12-8-10-19(11-12)25(22,23)16-7-5-14(24-16)13-3-1-2-9-17-13;/h1-11,21H,(H,18,20);1H. The summed E-state index contributed by atoms with van der Waals surface area (Å²) in [7, 11) is -3.73. The van der Waals surface area contributed by atoms with Crippen molar-refractivity contribution in [2.75, 3.05) is 0 Å². The molecule has 10 heteroatoms. The van der Waals surface area contributed by atoms with Gasteiger partial charge in [-0.3, -0.25) is 15.0 Å². The molecule has 0 atom stereocenters. The molecule has 3 aromatic heterocycles. The lowest BCUT2D eigenvalue weighted by molar-refractivity contribution is -0.124. The maximum atomic E-state index is 12.7. The van der Waals surface area contributed by atoms with Crippen LogP contribution in [0.2, 0.25) is 0 Å². The van der Waals surface area contributed by atoms with Crippen LogP contribution in [-0.4, -0.2) is 28.5 Å². The number of nitrogens with one attached hydrogen (secondary N) is 1. The van der Waals surface area contributed by atoms with E-state index < -0.39 is 15.9 Å². The van der Waals surface area contributed by atoms with Gasteiger partial charge < -0.3 is 0 Å². The highest BCUT2D eigenvalue weighted by molar-refractivity contribution is 7.92. The largest absolute Gasteiger partial charge is 0.288 e. The van der Waals surface area contributed by atoms with Gasteiger partial charge in [-0.15, -0.1) is 23.7 Å². The zero-order chi connectivity index (χ0) is 17.9. The van der Waals surface area contributed by atoms with Crippen LogP contribution in [0.3, 0.4) is 0 Å². The van der Waals surface area contributed by atoms with E-state index in [2.05, 4.69) is 4.98 Å². The Morgan fingerprint density at radius 3 is 2.73 bits per heavy atom. The second-order valence-electron chi connectivity index (χ2n) is 4.92. The fourth-order valence-electron chi connectivity index (χ4n) is 2.06. The number of amides is 1. The third kappa shape index (κ3) is 4.20. The maximum Gasteiger partial charge on any atom is 0.277 e. The molecule has 0 aliphatic rings. The first-order valence-electron chi connectivity index (χ1n) is 7.07. The number of carbonyl (C=O) groups excluding carboxylic acids is 1. The van der Waals surface area contributed by atoms with Gasteiger partial charge in [0.1, 0.15) is 4.21 Å². The quantitative estimate of drug-likeness (QED) is 0.382. The summed E-state index contributed by atoms with van der Waals surface area (Å²) >= 11 is 1.13. The summed E-state index contributed by atoms with van der Waals surface area (Å²) in [5.74, 6) is -0.700. The van der Waals surface area contributed by atoms with Gasteiger partial charge in [-0.05, 0) is 42.0 Å². The maximum absolute atomic E-state index is 12.7. The predicted octanol–water partition coefficient (Wildman–Crippen LogP) is 2.79. The Hall–Kier alpha value is -2.46. The summed E-state index contributed by atoms with van der Waals surface area (Å²) in [4.78, 5) is 15.9. The SMILES string of the molecule is Cl.O=C(C=Cc1ccn(S(=O)(=O)c2ccc(-c3ccccn3)s2)c1)NO. The Balaban J connectivity index is 0.00000243. The normalized spacial score (nSPS) is 11.3. The number of pyridine rings is 1. The van der Waals surface area contributed by atoms with E-state index in [1.807, 2.05) is 12.1 Å². The first kappa shape index (κ1) is 19.9. The molecule has 0 aliphatic heterocycles. The van der Waals surface area contributed by atoms with E-state index in [-0.39, 0.29) is 16.6 Å². The molecule has 0 aromatic carbocycles. The Kier molecular flexibility index (Phi) is 6.32. The van der Waals surface area contributed by atoms with Crippen LogP contribution < -0.4 is 5.48 Å². The minimum atomic E-state index is -3.73. The summed E-state index contributed by atoms with van der Waals surface area (Å²) in [5.41, 5.74) is 2.68. The third-order valence-electron chi connectivity index (χ3n) is 3.26. The molecule has 0 saturated heterocycles. The monoisotopic (exact) mass is 411 g/mol. The summed E-state index contributed by atoms with van der Waals surface area (Å²) in [6.07, 6.45) is 6.92. The second-order valence-corrected chi connectivity index (χ2v) is 8.08. The highest BCUT2D eigenvalue weighted by Crippen LogP contribution is 2.30. The summed E-state index contributed by atoms with van der Waals surface area (Å²) in [6.45, 7) is 0. The fraction of sp³-hybridized carbons (Fsp3) is 0. The number of aromatic nitrogens is 2. The van der Waals surface area contributed by atoms with Crippen LogP contribution in [0.1, 0.15) is 5.56 Å². The molecule has 3 rings (SSSR count). The first-order valence-corrected chi connectivity index (χ1v) is 9.33. The molecular weight excluding hydrogens is 398 g/mol. The number of thiophene rings is 1. The van der Waals surface area contributed by atoms with E-state index in [1.165, 1.54) is 23.9 Å². The fourth-order valence-corrected chi connectivity index (χ4v) is 4.65. The Morgan fingerprint density at radius 2 is 2.04 bits per heavy atom. The zero-order valence-corrected chi connectivity index (χ0v) is 15.6. The molecule has 0 spiro atoms. The van der Waals surface area contributed by atoms with Crippen LogP contribution in [0.15, 0.2) is 65.3 Å². The lowest BCUT2D eigenvalue weighted by atomic mass is 10.3. The average molecular weight is 412 g/mol. The molecule has 3 heterocycles. The second kappa shape index (κ2) is 8.28. The van der Waals surface area contributed by atoms with Crippen molar-refractivity contribution >= 4 is 45.8 Å². The van der Waals surface area contributed by atoms with E-state index in [4.69, 9.17) is 5.21 Å². The van der Waals surface area contributed by atoms with Crippen molar-refractivity contribution in [2.45, 2.75) is 4.21 Å². The highest BCUT2D eigenvalue weighted by atomic mass is 35.5. The highest BCUT2D eigenvalue weighted by Gasteiger charge is 2.19. The van der Waals surface area contributed by atoms with Crippen molar-refractivity contribution in [1.29, 1.82) is 0 Å². The van der Waals surface area contributed by atoms with Crippen molar-refractivity contribution < 1.29 is 18.4 Å². The van der Waals surface area contributed by atoms with Gasteiger partial charge >= 0.3 is 0 Å². The topological polar surface area (TPSA) is 101 Å². The molecule has 0 bridgehead atoms. The molecule has 2 N–H and O–H groups in total. The van der Waals surface area contributed by atoms with Gasteiger partial charge in [-0.25, -0.2) is 9.45 Å². The first-order chi connectivity index (χ1) is 12.0. The molecule has 0 fully saturated rings. The number of rotatable bonds is 5. The Labute approximate surface area is 160 Å². The molecule has 0 aliphatic carbocycles. The minimum Gasteiger partial charge on any atom is -0.288 e. The smallest absolute Gasteiger partial charge is 0.277 e. The van der Waals surface area contributed by atoms with E-state index >= 15 is 0 Å². The van der Waals surface area contributed by atoms with Gasteiger partial charge in [0, 0.05) is 24.7 Å². The number of halogens is 1. The number of carbonyl (C=O) groups is 1. The lowest BCUT2D eigenvalue weighted by Crippen LogP contribution is -2.14. The van der Waals surface area contributed by atoms with E-state index in [1.54, 1.807) is 30.5 Å². The summed E-state index contributed by atoms with van der Waals surface area (Å²) in [6, 6.07) is 10.2. The van der Waals surface area contributed by atoms with Gasteiger partial charge in [0.05, 0.1) is 10.6 Å². The van der Waals surface area contributed by atoms with Gasteiger partial charge in [0.2, 0.25) is 0 Å². The van der Waals surface area contributed by atoms with Crippen molar-refractivity contribution in [1.82, 2.24) is 14.4 Å². The van der Waals surface area contributed by atoms with Crippen LogP contribution >= 0.6 is 23.7 Å². The van der Waals surface area contributed by atoms with E-state index in [0.717, 1.165) is 26.3 Å². The van der Waals surface area contributed by atoms with Crippen LogP contribution in [-0.2, 0) is 14.8 Å². The molecule has 0 saturated carbocycles. The van der Waals surface area contributed by atoms with Crippen LogP contribution in [0.4, 0.5) is 0 Å². The third-order valence-corrected chi connectivity index (χ3v) is 6.47. The molecule has 136 valence electrons. The van der Waals surface area contributed by atoms with Gasteiger partial charge in [-0.2, -0.15) is 8.42 Å². The van der Waals surface area contributed by atoms with Gasteiger partial charge in [0.25, 0.3) is 15.9 Å². The molecule has 26 heavy (non-hydrogen) atoms. The van der Waals surface area contributed by atoms with Gasteiger partial charge in [-0.1, -0.05) is 6.07 Å². The van der Waals surface area contributed by atoms with E-state index in [0.29, 0.717) is 11.3 Å². The van der Waals surface area contributed by atoms with Crippen molar-refractivity contribution in [3.63, 3.8) is 0 Å². The summed E-state index contributed by atoms with van der Waals surface area (Å²) in [5, 5.41) is 8.44. The molecule has 1 amide bonds. The number of hydrogen-bond acceptors (Lipinski definition) is 6. The number of hydroxylamine groups is 1. The molecule has 0 radical (unpaired) electrons. The van der Waals surface area contributed by atoms with Crippen molar-refractivity contribution in [3.05, 3.63) is 66.6 Å². The van der Waals surface area contributed by atoms with Crippen LogP contribution in [0.5, 0.6) is 0 Å². The zero-order valence-electron chi connectivity index (χ0n) is 13.1. The summed E-state index contributed by atoms with van der Waals surface area (Å²) < 4.78 is 26.7. The van der Waals surface area contributed by atoms with Crippen LogP contribution in [0.25, 0.3) is 16.6 Å². The number of hydrogen-bond donors (Lipinski definition) is 2. The van der Waals surface area contributed by atoms with Crippen molar-refractivity contribution in [3.8, 4) is 10.6 Å². The molecule has 0 unspecified atom stereocenters. The van der Waals surface area contributed by atoms with Gasteiger partial charge in [0.15, 0.2) is 0 Å². The van der Waals surface area contributed by atoms with E-state index in [9.17, 15) is 13.2 Å². The molecular formula is C16H14ClN3O4S2. The Morgan fingerprint density at radius 1 is 1.23 bits per heavy atom. The minimum absolute atomic E-state index is 0. The molecule has 7 nitrogen and oxygen atoms in total. The lowest BCUT2D eigenvalue weighted by Gasteiger charge is -2.02. The van der Waals surface area contributed by atoms with Crippen molar-refractivity contribution in [2.24, 2.45) is 0 Å². The number of nitrogens with zero attached hydrogens (tertiary/aromatic N) is 2. The predicted molar refractivity (Wildman–Crippen MR) is 101 cm³/mol. The Bertz CT molecular complexity index is 1030. The van der Waals surface area contributed by atoms with Crippen LogP contribution in [0, 0.1) is 0 Å².